The average molecular weight is 592 g/mol. The van der Waals surface area contributed by atoms with Crippen molar-refractivity contribution in [2.75, 3.05) is 26.0 Å². The van der Waals surface area contributed by atoms with Gasteiger partial charge in [0.15, 0.2) is 5.41 Å². The summed E-state index contributed by atoms with van der Waals surface area (Å²) in [5.74, 6) is -2.21. The number of rotatable bonds is 7. The van der Waals surface area contributed by atoms with E-state index in [1.165, 1.54) is 20.3 Å². The predicted octanol–water partition coefficient (Wildman–Crippen LogP) is 4.35. The molecule has 7 nitrogen and oxygen atoms in total. The summed E-state index contributed by atoms with van der Waals surface area (Å²) in [7, 11) is 2.41. The predicted molar refractivity (Wildman–Crippen MR) is 156 cm³/mol. The highest BCUT2D eigenvalue weighted by Crippen LogP contribution is 2.43. The zero-order chi connectivity index (χ0) is 31.1. The van der Waals surface area contributed by atoms with Gasteiger partial charge in [0.25, 0.3) is 0 Å². The number of alkyl halides is 3. The number of carbonyl (C=O) groups excluding carboxylic acids is 3. The lowest BCUT2D eigenvalue weighted by atomic mass is 9.58. The first-order valence-electron chi connectivity index (χ1n) is 14.0. The van der Waals surface area contributed by atoms with Crippen LogP contribution < -0.4 is 10.7 Å². The molecule has 0 unspecified atom stereocenters. The van der Waals surface area contributed by atoms with Gasteiger partial charge in [-0.25, -0.2) is 0 Å². The fourth-order valence-electron chi connectivity index (χ4n) is 6.62. The lowest BCUT2D eigenvalue weighted by Crippen LogP contribution is -2.63. The lowest BCUT2D eigenvalue weighted by molar-refractivity contribution is -0.168. The van der Waals surface area contributed by atoms with Gasteiger partial charge in [-0.15, -0.1) is 0 Å². The van der Waals surface area contributed by atoms with E-state index in [1.54, 1.807) is 25.1 Å². The maximum Gasteiger partial charge on any atom is 0.412 e. The van der Waals surface area contributed by atoms with Crippen molar-refractivity contribution in [1.82, 2.24) is 4.81 Å². The number of carbonyl (C=O) groups is 3. The van der Waals surface area contributed by atoms with Crippen molar-refractivity contribution in [1.29, 1.82) is 0 Å². The minimum absolute atomic E-state index is 0.0309. The molecule has 3 aromatic carbocycles. The van der Waals surface area contributed by atoms with Crippen molar-refractivity contribution < 1.29 is 37.0 Å². The van der Waals surface area contributed by atoms with Crippen LogP contribution in [0.2, 0.25) is 0 Å². The number of fused-ring (bicyclic) bond motifs is 2. The summed E-state index contributed by atoms with van der Waals surface area (Å²) in [5.41, 5.74) is 4.13. The Kier molecular flexibility index (Phi) is 8.02. The van der Waals surface area contributed by atoms with Crippen LogP contribution in [0.25, 0.3) is 0 Å². The number of hydrogen-bond acceptors (Lipinski definition) is 6. The number of para-hydroxylation sites is 1. The number of methoxy groups -OCH3 is 2. The van der Waals surface area contributed by atoms with Gasteiger partial charge >= 0.3 is 25.1 Å². The summed E-state index contributed by atoms with van der Waals surface area (Å²) < 4.78 is 52.0. The van der Waals surface area contributed by atoms with Crippen LogP contribution in [0.4, 0.5) is 18.9 Å². The number of esters is 2. The van der Waals surface area contributed by atoms with E-state index in [4.69, 9.17) is 9.47 Å². The quantitative estimate of drug-likeness (QED) is 0.250. The van der Waals surface area contributed by atoms with Crippen molar-refractivity contribution in [3.63, 3.8) is 0 Å². The summed E-state index contributed by atoms with van der Waals surface area (Å²) in [4.78, 5) is 40.6. The summed E-state index contributed by atoms with van der Waals surface area (Å²) in [5, 5.41) is 3.22. The number of ether oxygens (including phenoxy) is 2. The van der Waals surface area contributed by atoms with Crippen LogP contribution in [0.5, 0.6) is 0 Å². The third kappa shape index (κ3) is 5.37. The van der Waals surface area contributed by atoms with Crippen molar-refractivity contribution >= 4 is 36.0 Å². The number of nitrogens with one attached hydrogen (secondary N) is 1. The first-order valence-corrected chi connectivity index (χ1v) is 14.0. The maximum atomic E-state index is 14.0. The fraction of sp³-hybridized carbons (Fsp3) is 0.344. The molecule has 1 aliphatic carbocycles. The minimum atomic E-state index is -4.66. The Labute approximate surface area is 248 Å². The fourth-order valence-corrected chi connectivity index (χ4v) is 6.62. The minimum Gasteiger partial charge on any atom is -0.468 e. The summed E-state index contributed by atoms with van der Waals surface area (Å²) in [6, 6.07) is 16.2. The molecule has 1 N–H and O–H groups in total. The molecule has 0 bridgehead atoms. The number of halogens is 3. The van der Waals surface area contributed by atoms with E-state index in [-0.39, 0.29) is 18.4 Å². The molecule has 43 heavy (non-hydrogen) atoms. The van der Waals surface area contributed by atoms with Crippen molar-refractivity contribution in [3.8, 4) is 0 Å². The van der Waals surface area contributed by atoms with Gasteiger partial charge in [-0.2, -0.15) is 13.2 Å². The molecule has 0 atom stereocenters. The van der Waals surface area contributed by atoms with Crippen molar-refractivity contribution in [2.45, 2.75) is 45.7 Å². The molecule has 0 aromatic heterocycles. The molecule has 1 aliphatic heterocycles. The van der Waals surface area contributed by atoms with Crippen LogP contribution in [0.1, 0.15) is 43.7 Å². The molecular formula is C32H32BF3N2O5. The second-order valence-corrected chi connectivity index (χ2v) is 11.1. The molecule has 1 amide bonds. The molecule has 11 heteroatoms. The summed E-state index contributed by atoms with van der Waals surface area (Å²) in [6.07, 6.45) is -3.61. The lowest BCUT2D eigenvalue weighted by Gasteiger charge is -2.38. The topological polar surface area (TPSA) is 84.9 Å². The van der Waals surface area contributed by atoms with E-state index in [0.717, 1.165) is 27.1 Å². The molecule has 1 heterocycles. The number of anilines is 1. The number of nitrogens with zero attached hydrogens (tertiary/aromatic N) is 1. The van der Waals surface area contributed by atoms with Crippen LogP contribution in [0.3, 0.4) is 0 Å². The molecular weight excluding hydrogens is 560 g/mol. The standard InChI is InChI=1S/C32H32BF3N2O5/c1-19-22(15-14-21-10-6-5-7-11-21)27(20(2)25-17-31(16-24(19)25,29(40)42-3)30(41)43-4)33-37-26-13-9-8-12-23(26)28(39)38(33)18-32(34,35)36/h5-13,37H,14-18H2,1-4H3. The molecule has 0 radical (unpaired) electrons. The van der Waals surface area contributed by atoms with E-state index in [2.05, 4.69) is 5.23 Å². The van der Waals surface area contributed by atoms with E-state index in [0.29, 0.717) is 35.1 Å². The molecule has 3 aromatic rings. The zero-order valence-corrected chi connectivity index (χ0v) is 24.4. The largest absolute Gasteiger partial charge is 0.468 e. The van der Waals surface area contributed by atoms with Gasteiger partial charge in [0.1, 0.15) is 6.54 Å². The Morgan fingerprint density at radius 1 is 0.907 bits per heavy atom. The second-order valence-electron chi connectivity index (χ2n) is 11.1. The van der Waals surface area contributed by atoms with Crippen molar-refractivity contribution in [2.24, 2.45) is 5.41 Å². The smallest absolute Gasteiger partial charge is 0.412 e. The molecule has 0 saturated carbocycles. The number of aryl methyl sites for hydroxylation is 1. The molecule has 5 rings (SSSR count). The van der Waals surface area contributed by atoms with E-state index in [1.807, 2.05) is 37.3 Å². The van der Waals surface area contributed by atoms with Gasteiger partial charge in [-0.3, -0.25) is 14.4 Å². The molecule has 0 fully saturated rings. The maximum absolute atomic E-state index is 14.0. The molecule has 0 spiro atoms. The van der Waals surface area contributed by atoms with Crippen LogP contribution >= 0.6 is 0 Å². The molecule has 0 saturated heterocycles. The Balaban J connectivity index is 1.72. The van der Waals surface area contributed by atoms with Gasteiger partial charge in [0.05, 0.1) is 19.8 Å². The normalized spacial score (nSPS) is 15.5. The Morgan fingerprint density at radius 3 is 2.09 bits per heavy atom. The highest BCUT2D eigenvalue weighted by Gasteiger charge is 2.54. The SMILES string of the molecule is COC(=O)C1(C(=O)OC)Cc2c(C)c(CCc3ccccc3)c(B3Nc4ccccc4C(=O)N3CC(F)(F)F)c(C)c2C1. The average Bonchev–Trinajstić information content (AvgIpc) is 3.42. The Bertz CT molecular complexity index is 1580. The van der Waals surface area contributed by atoms with Gasteiger partial charge in [-0.1, -0.05) is 42.5 Å². The summed E-state index contributed by atoms with van der Waals surface area (Å²) in [6.45, 7) is 1.03. The highest BCUT2D eigenvalue weighted by molar-refractivity contribution is 6.77. The van der Waals surface area contributed by atoms with Crippen LogP contribution in [0.15, 0.2) is 54.6 Å². The third-order valence-electron chi connectivity index (χ3n) is 8.71. The van der Waals surface area contributed by atoms with Gasteiger partial charge in [-0.05, 0) is 77.7 Å². The van der Waals surface area contributed by atoms with E-state index >= 15 is 0 Å². The monoisotopic (exact) mass is 592 g/mol. The summed E-state index contributed by atoms with van der Waals surface area (Å²) >= 11 is 0. The van der Waals surface area contributed by atoms with Crippen molar-refractivity contribution in [3.05, 3.63) is 93.5 Å². The zero-order valence-electron chi connectivity index (χ0n) is 24.4. The first-order chi connectivity index (χ1) is 20.4. The highest BCUT2D eigenvalue weighted by atomic mass is 19.4. The van der Waals surface area contributed by atoms with Gasteiger partial charge in [0, 0.05) is 18.5 Å². The van der Waals surface area contributed by atoms with Crippen LogP contribution in [-0.2, 0) is 44.7 Å². The number of amides is 1. The molecule has 2 aliphatic rings. The van der Waals surface area contributed by atoms with Gasteiger partial charge < -0.3 is 19.5 Å². The Hall–Kier alpha value is -4.28. The Morgan fingerprint density at radius 2 is 1.49 bits per heavy atom. The van der Waals surface area contributed by atoms with Crippen LogP contribution in [-0.4, -0.2) is 56.6 Å². The number of hydrogen-bond donors (Lipinski definition) is 1. The molecule has 224 valence electrons. The second kappa shape index (κ2) is 11.4. The third-order valence-corrected chi connectivity index (χ3v) is 8.71. The first kappa shape index (κ1) is 30.2. The van der Waals surface area contributed by atoms with E-state index in [9.17, 15) is 27.6 Å². The van der Waals surface area contributed by atoms with Gasteiger partial charge in [0.2, 0.25) is 5.91 Å². The number of benzene rings is 3. The van der Waals surface area contributed by atoms with E-state index < -0.39 is 43.0 Å². The van der Waals surface area contributed by atoms with Crippen LogP contribution in [0, 0.1) is 19.3 Å².